The van der Waals surface area contributed by atoms with Crippen LogP contribution in [0.25, 0.3) is 0 Å². The summed E-state index contributed by atoms with van der Waals surface area (Å²) in [6.45, 7) is 9.99. The fraction of sp³-hybridized carbons (Fsp3) is 0.667. The molecule has 0 radical (unpaired) electrons. The lowest BCUT2D eigenvalue weighted by molar-refractivity contribution is 0.140. The standard InChI is InChI=1S/C12H21ClN4O/c1-8(2)17(9(3)4)5-6-18-11-10(14)7-15-12(13)16-11/h7-9H,5-6,14H2,1-4H3. The van der Waals surface area contributed by atoms with Gasteiger partial charge in [-0.05, 0) is 39.3 Å². The summed E-state index contributed by atoms with van der Waals surface area (Å²) in [7, 11) is 0. The van der Waals surface area contributed by atoms with E-state index in [4.69, 9.17) is 22.1 Å². The minimum Gasteiger partial charge on any atom is -0.475 e. The smallest absolute Gasteiger partial charge is 0.241 e. The molecule has 0 aliphatic carbocycles. The van der Waals surface area contributed by atoms with Crippen molar-refractivity contribution in [1.29, 1.82) is 0 Å². The van der Waals surface area contributed by atoms with Crippen LogP contribution >= 0.6 is 11.6 Å². The third-order valence-electron chi connectivity index (χ3n) is 2.67. The van der Waals surface area contributed by atoms with Crippen molar-refractivity contribution in [3.63, 3.8) is 0 Å². The average molecular weight is 273 g/mol. The Balaban J connectivity index is 2.52. The largest absolute Gasteiger partial charge is 0.475 e. The van der Waals surface area contributed by atoms with Crippen molar-refractivity contribution in [3.8, 4) is 5.88 Å². The van der Waals surface area contributed by atoms with Gasteiger partial charge in [-0.3, -0.25) is 4.90 Å². The second kappa shape index (κ2) is 6.75. The van der Waals surface area contributed by atoms with Crippen LogP contribution < -0.4 is 10.5 Å². The molecule has 0 atom stereocenters. The number of nitrogens with two attached hydrogens (primary N) is 1. The molecule has 1 heterocycles. The van der Waals surface area contributed by atoms with Crippen molar-refractivity contribution < 1.29 is 4.74 Å². The number of hydrogen-bond acceptors (Lipinski definition) is 5. The zero-order chi connectivity index (χ0) is 13.7. The summed E-state index contributed by atoms with van der Waals surface area (Å²) < 4.78 is 5.55. The third-order valence-corrected chi connectivity index (χ3v) is 2.85. The Kier molecular flexibility index (Phi) is 5.62. The lowest BCUT2D eigenvalue weighted by atomic mass is 10.2. The Morgan fingerprint density at radius 1 is 1.33 bits per heavy atom. The molecular formula is C12H21ClN4O. The number of nitrogen functional groups attached to an aromatic ring is 1. The second-order valence-corrected chi connectivity index (χ2v) is 5.01. The molecule has 0 aliphatic rings. The summed E-state index contributed by atoms with van der Waals surface area (Å²) in [4.78, 5) is 10.1. The molecule has 0 saturated carbocycles. The first-order chi connectivity index (χ1) is 8.41. The highest BCUT2D eigenvalue weighted by molar-refractivity contribution is 6.28. The summed E-state index contributed by atoms with van der Waals surface area (Å²) in [5.74, 6) is 0.350. The molecule has 1 aromatic heterocycles. The molecule has 0 fully saturated rings. The summed E-state index contributed by atoms with van der Waals surface area (Å²) in [6.07, 6.45) is 1.45. The van der Waals surface area contributed by atoms with Crippen molar-refractivity contribution in [2.75, 3.05) is 18.9 Å². The van der Waals surface area contributed by atoms with Crippen molar-refractivity contribution >= 4 is 17.3 Å². The number of aromatic nitrogens is 2. The van der Waals surface area contributed by atoms with Crippen molar-refractivity contribution in [1.82, 2.24) is 14.9 Å². The van der Waals surface area contributed by atoms with Gasteiger partial charge in [0.25, 0.3) is 0 Å². The highest BCUT2D eigenvalue weighted by Gasteiger charge is 2.13. The molecule has 0 bridgehead atoms. The number of nitrogens with zero attached hydrogens (tertiary/aromatic N) is 3. The van der Waals surface area contributed by atoms with Crippen LogP contribution in [0, 0.1) is 0 Å². The average Bonchev–Trinajstić information content (AvgIpc) is 2.27. The van der Waals surface area contributed by atoms with Crippen LogP contribution in [0.4, 0.5) is 5.69 Å². The normalized spacial score (nSPS) is 11.6. The zero-order valence-corrected chi connectivity index (χ0v) is 12.1. The first-order valence-corrected chi connectivity index (χ1v) is 6.46. The lowest BCUT2D eigenvalue weighted by Crippen LogP contribution is -2.39. The summed E-state index contributed by atoms with van der Waals surface area (Å²) in [5.41, 5.74) is 6.11. The lowest BCUT2D eigenvalue weighted by Gasteiger charge is -2.30. The number of hydrogen-bond donors (Lipinski definition) is 1. The number of halogens is 1. The summed E-state index contributed by atoms with van der Waals surface area (Å²) in [6, 6.07) is 0.944. The predicted molar refractivity (Wildman–Crippen MR) is 73.9 cm³/mol. The molecule has 1 rings (SSSR count). The Bertz CT molecular complexity index is 376. The highest BCUT2D eigenvalue weighted by atomic mass is 35.5. The SMILES string of the molecule is CC(C)N(CCOc1nc(Cl)ncc1N)C(C)C. The van der Waals surface area contributed by atoms with Gasteiger partial charge in [-0.15, -0.1) is 0 Å². The van der Waals surface area contributed by atoms with Gasteiger partial charge in [-0.25, -0.2) is 4.98 Å². The van der Waals surface area contributed by atoms with Gasteiger partial charge < -0.3 is 10.5 Å². The Morgan fingerprint density at radius 3 is 2.50 bits per heavy atom. The molecule has 0 spiro atoms. The first kappa shape index (κ1) is 15.0. The van der Waals surface area contributed by atoms with Crippen LogP contribution in [-0.2, 0) is 0 Å². The second-order valence-electron chi connectivity index (χ2n) is 4.67. The summed E-state index contributed by atoms with van der Waals surface area (Å²) >= 11 is 5.69. The maximum absolute atomic E-state index is 5.70. The fourth-order valence-electron chi connectivity index (χ4n) is 1.83. The molecule has 5 nitrogen and oxygen atoms in total. The Hall–Kier alpha value is -1.07. The molecule has 102 valence electrons. The Morgan fingerprint density at radius 2 is 1.94 bits per heavy atom. The number of ether oxygens (including phenoxy) is 1. The minimum atomic E-state index is 0.142. The van der Waals surface area contributed by atoms with E-state index in [9.17, 15) is 0 Å². The molecule has 0 aromatic carbocycles. The maximum Gasteiger partial charge on any atom is 0.241 e. The van der Waals surface area contributed by atoms with E-state index in [1.165, 1.54) is 6.20 Å². The molecule has 0 saturated heterocycles. The monoisotopic (exact) mass is 272 g/mol. The molecule has 18 heavy (non-hydrogen) atoms. The molecule has 0 unspecified atom stereocenters. The molecule has 0 aliphatic heterocycles. The van der Waals surface area contributed by atoms with E-state index in [1.54, 1.807) is 0 Å². The van der Waals surface area contributed by atoms with E-state index in [0.29, 0.717) is 30.3 Å². The summed E-state index contributed by atoms with van der Waals surface area (Å²) in [5, 5.41) is 0.142. The van der Waals surface area contributed by atoms with Crippen molar-refractivity contribution in [3.05, 3.63) is 11.5 Å². The van der Waals surface area contributed by atoms with Crippen molar-refractivity contribution in [2.45, 2.75) is 39.8 Å². The highest BCUT2D eigenvalue weighted by Crippen LogP contribution is 2.18. The van der Waals surface area contributed by atoms with Gasteiger partial charge >= 0.3 is 0 Å². The van der Waals surface area contributed by atoms with E-state index < -0.39 is 0 Å². The van der Waals surface area contributed by atoms with Gasteiger partial charge in [-0.2, -0.15) is 4.98 Å². The maximum atomic E-state index is 5.70. The van der Waals surface area contributed by atoms with E-state index in [0.717, 1.165) is 6.54 Å². The van der Waals surface area contributed by atoms with Gasteiger partial charge in [0.2, 0.25) is 11.2 Å². The molecule has 0 amide bonds. The van der Waals surface area contributed by atoms with E-state index in [-0.39, 0.29) is 5.28 Å². The van der Waals surface area contributed by atoms with Crippen LogP contribution in [0.15, 0.2) is 6.20 Å². The van der Waals surface area contributed by atoms with E-state index >= 15 is 0 Å². The molecule has 2 N–H and O–H groups in total. The molecule has 1 aromatic rings. The van der Waals surface area contributed by atoms with E-state index in [2.05, 4.69) is 42.6 Å². The third kappa shape index (κ3) is 4.31. The van der Waals surface area contributed by atoms with Gasteiger partial charge in [-0.1, -0.05) is 0 Å². The number of rotatable bonds is 6. The minimum absolute atomic E-state index is 0.142. The van der Waals surface area contributed by atoms with Gasteiger partial charge in [0.05, 0.1) is 6.20 Å². The van der Waals surface area contributed by atoms with Crippen LogP contribution in [0.2, 0.25) is 5.28 Å². The zero-order valence-electron chi connectivity index (χ0n) is 11.4. The van der Waals surface area contributed by atoms with Gasteiger partial charge in [0.1, 0.15) is 12.3 Å². The fourth-order valence-corrected chi connectivity index (χ4v) is 1.96. The van der Waals surface area contributed by atoms with Gasteiger partial charge in [0, 0.05) is 18.6 Å². The quantitative estimate of drug-likeness (QED) is 0.805. The Labute approximate surface area is 113 Å². The first-order valence-electron chi connectivity index (χ1n) is 6.08. The predicted octanol–water partition coefficient (Wildman–Crippen LogP) is 2.21. The molecule has 6 heteroatoms. The van der Waals surface area contributed by atoms with E-state index in [1.807, 2.05) is 0 Å². The van der Waals surface area contributed by atoms with Crippen molar-refractivity contribution in [2.24, 2.45) is 0 Å². The van der Waals surface area contributed by atoms with Crippen LogP contribution in [0.1, 0.15) is 27.7 Å². The topological polar surface area (TPSA) is 64.3 Å². The molecular weight excluding hydrogens is 252 g/mol. The number of anilines is 1. The van der Waals surface area contributed by atoms with Crippen LogP contribution in [-0.4, -0.2) is 40.1 Å². The van der Waals surface area contributed by atoms with Crippen LogP contribution in [0.5, 0.6) is 5.88 Å². The van der Waals surface area contributed by atoms with Gasteiger partial charge in [0.15, 0.2) is 0 Å². The van der Waals surface area contributed by atoms with Crippen LogP contribution in [0.3, 0.4) is 0 Å².